The first kappa shape index (κ1) is 13.9. The van der Waals surface area contributed by atoms with E-state index in [1.165, 1.54) is 0 Å². The average molecular weight is 324 g/mol. The van der Waals surface area contributed by atoms with Crippen molar-refractivity contribution >= 4 is 21.9 Å². The fourth-order valence-corrected chi connectivity index (χ4v) is 2.24. The number of aromatic nitrogens is 2. The van der Waals surface area contributed by atoms with Gasteiger partial charge >= 0.3 is 0 Å². The zero-order valence-electron chi connectivity index (χ0n) is 11.4. The zero-order valence-corrected chi connectivity index (χ0v) is 13.0. The van der Waals surface area contributed by atoms with Gasteiger partial charge in [-0.3, -0.25) is 4.57 Å². The number of hydrogen-bond donors (Lipinski definition) is 1. The number of anilines is 1. The van der Waals surface area contributed by atoms with Crippen molar-refractivity contribution in [3.05, 3.63) is 34.6 Å². The van der Waals surface area contributed by atoms with Gasteiger partial charge in [0.1, 0.15) is 5.75 Å². The minimum absolute atomic E-state index is 0.820. The number of nitrogens with zero attached hydrogens (tertiary/aromatic N) is 2. The maximum Gasteiger partial charge on any atom is 0.207 e. The van der Waals surface area contributed by atoms with Gasteiger partial charge in [-0.05, 0) is 31.5 Å². The van der Waals surface area contributed by atoms with Gasteiger partial charge in [0.15, 0.2) is 0 Å². The Labute approximate surface area is 121 Å². The van der Waals surface area contributed by atoms with Gasteiger partial charge in [0.25, 0.3) is 0 Å². The van der Waals surface area contributed by atoms with Crippen LogP contribution in [-0.4, -0.2) is 23.2 Å². The normalized spacial score (nSPS) is 10.5. The number of ether oxygens (including phenoxy) is 1. The Morgan fingerprint density at radius 3 is 2.89 bits per heavy atom. The molecule has 0 saturated carbocycles. The second-order valence-electron chi connectivity index (χ2n) is 4.32. The number of benzene rings is 1. The van der Waals surface area contributed by atoms with Gasteiger partial charge in [-0.15, -0.1) is 0 Å². The largest absolute Gasteiger partial charge is 0.495 e. The quantitative estimate of drug-likeness (QED) is 0.910. The van der Waals surface area contributed by atoms with Crippen molar-refractivity contribution in [2.75, 3.05) is 19.0 Å². The average Bonchev–Trinajstić information content (AvgIpc) is 2.77. The lowest BCUT2D eigenvalue weighted by molar-refractivity contribution is 0.413. The molecule has 1 aromatic carbocycles. The van der Waals surface area contributed by atoms with Gasteiger partial charge in [0.2, 0.25) is 5.95 Å². The summed E-state index contributed by atoms with van der Waals surface area (Å²) in [6, 6.07) is 5.93. The van der Waals surface area contributed by atoms with Crippen LogP contribution in [0.1, 0.15) is 19.0 Å². The van der Waals surface area contributed by atoms with Gasteiger partial charge in [0.05, 0.1) is 18.5 Å². The minimum Gasteiger partial charge on any atom is -0.495 e. The van der Waals surface area contributed by atoms with Crippen LogP contribution in [0.25, 0.3) is 5.69 Å². The Balaban J connectivity index is 2.48. The first-order valence-electron chi connectivity index (χ1n) is 6.29. The summed E-state index contributed by atoms with van der Waals surface area (Å²) < 4.78 is 8.46. The number of halogens is 1. The van der Waals surface area contributed by atoms with Crippen LogP contribution in [-0.2, 0) is 0 Å². The van der Waals surface area contributed by atoms with Crippen LogP contribution in [0.4, 0.5) is 5.95 Å². The summed E-state index contributed by atoms with van der Waals surface area (Å²) in [5, 5.41) is 3.33. The topological polar surface area (TPSA) is 39.1 Å². The van der Waals surface area contributed by atoms with Gasteiger partial charge in [-0.1, -0.05) is 22.9 Å². The molecule has 0 spiro atoms. The van der Waals surface area contributed by atoms with Crippen molar-refractivity contribution in [3.8, 4) is 11.4 Å². The van der Waals surface area contributed by atoms with Crippen LogP contribution in [0.3, 0.4) is 0 Å². The molecule has 1 heterocycles. The summed E-state index contributed by atoms with van der Waals surface area (Å²) in [6.45, 7) is 5.01. The Morgan fingerprint density at radius 1 is 1.42 bits per heavy atom. The van der Waals surface area contributed by atoms with Crippen LogP contribution in [0.2, 0.25) is 0 Å². The van der Waals surface area contributed by atoms with E-state index in [1.807, 2.05) is 35.9 Å². The van der Waals surface area contributed by atoms with Crippen LogP contribution < -0.4 is 10.1 Å². The Kier molecular flexibility index (Phi) is 4.47. The first-order chi connectivity index (χ1) is 9.15. The van der Waals surface area contributed by atoms with E-state index in [4.69, 9.17) is 4.74 Å². The highest BCUT2D eigenvalue weighted by molar-refractivity contribution is 9.10. The van der Waals surface area contributed by atoms with E-state index in [0.717, 1.165) is 40.5 Å². The monoisotopic (exact) mass is 323 g/mol. The highest BCUT2D eigenvalue weighted by Gasteiger charge is 2.12. The number of nitrogens with one attached hydrogen (secondary N) is 1. The van der Waals surface area contributed by atoms with Crippen LogP contribution in [0.5, 0.6) is 5.75 Å². The molecular formula is C14H18BrN3O. The molecule has 0 bridgehead atoms. The SMILES string of the molecule is CCCNc1nc(C)cn1-c1cc(Br)ccc1OC. The summed E-state index contributed by atoms with van der Waals surface area (Å²) in [6.07, 6.45) is 3.06. The molecule has 5 heteroatoms. The molecule has 0 atom stereocenters. The molecule has 0 fully saturated rings. The number of methoxy groups -OCH3 is 1. The van der Waals surface area contributed by atoms with Gasteiger partial charge in [-0.2, -0.15) is 0 Å². The third-order valence-electron chi connectivity index (χ3n) is 2.76. The second kappa shape index (κ2) is 6.10. The third-order valence-corrected chi connectivity index (χ3v) is 3.25. The molecule has 1 N–H and O–H groups in total. The number of aryl methyl sites for hydroxylation is 1. The molecular weight excluding hydrogens is 306 g/mol. The molecule has 4 nitrogen and oxygen atoms in total. The number of rotatable bonds is 5. The third kappa shape index (κ3) is 3.10. The van der Waals surface area contributed by atoms with Gasteiger partial charge in [0, 0.05) is 17.2 Å². The van der Waals surface area contributed by atoms with E-state index >= 15 is 0 Å². The molecule has 0 amide bonds. The van der Waals surface area contributed by atoms with Crippen LogP contribution >= 0.6 is 15.9 Å². The molecule has 0 aliphatic carbocycles. The predicted molar refractivity (Wildman–Crippen MR) is 81.3 cm³/mol. The summed E-state index contributed by atoms with van der Waals surface area (Å²) in [5.74, 6) is 1.66. The van der Waals surface area contributed by atoms with Crippen molar-refractivity contribution in [3.63, 3.8) is 0 Å². The zero-order chi connectivity index (χ0) is 13.8. The summed E-state index contributed by atoms with van der Waals surface area (Å²) in [4.78, 5) is 4.51. The van der Waals surface area contributed by atoms with Gasteiger partial charge < -0.3 is 10.1 Å². The van der Waals surface area contributed by atoms with Crippen molar-refractivity contribution < 1.29 is 4.74 Å². The molecule has 2 rings (SSSR count). The van der Waals surface area contributed by atoms with Gasteiger partial charge in [-0.25, -0.2) is 4.98 Å². The molecule has 19 heavy (non-hydrogen) atoms. The highest BCUT2D eigenvalue weighted by atomic mass is 79.9. The lowest BCUT2D eigenvalue weighted by Gasteiger charge is -2.13. The fourth-order valence-electron chi connectivity index (χ4n) is 1.89. The Bertz CT molecular complexity index is 566. The molecule has 0 aliphatic rings. The van der Waals surface area contributed by atoms with Crippen molar-refractivity contribution in [1.29, 1.82) is 0 Å². The molecule has 1 aromatic heterocycles. The van der Waals surface area contributed by atoms with E-state index in [9.17, 15) is 0 Å². The Hall–Kier alpha value is -1.49. The summed E-state index contributed by atoms with van der Waals surface area (Å²) in [7, 11) is 1.68. The minimum atomic E-state index is 0.820. The molecule has 2 aromatic rings. The molecule has 0 radical (unpaired) electrons. The fraction of sp³-hybridized carbons (Fsp3) is 0.357. The molecule has 102 valence electrons. The lowest BCUT2D eigenvalue weighted by Crippen LogP contribution is -2.07. The smallest absolute Gasteiger partial charge is 0.207 e. The number of hydrogen-bond acceptors (Lipinski definition) is 3. The van der Waals surface area contributed by atoms with E-state index in [-0.39, 0.29) is 0 Å². The maximum atomic E-state index is 5.43. The van der Waals surface area contributed by atoms with E-state index in [0.29, 0.717) is 0 Å². The van der Waals surface area contributed by atoms with Crippen LogP contribution in [0, 0.1) is 6.92 Å². The van der Waals surface area contributed by atoms with E-state index in [2.05, 4.69) is 33.2 Å². The van der Waals surface area contributed by atoms with Crippen LogP contribution in [0.15, 0.2) is 28.9 Å². The first-order valence-corrected chi connectivity index (χ1v) is 7.08. The Morgan fingerprint density at radius 2 is 2.21 bits per heavy atom. The predicted octanol–water partition coefficient (Wildman–Crippen LogP) is 3.77. The maximum absolute atomic E-state index is 5.43. The lowest BCUT2D eigenvalue weighted by atomic mass is 10.3. The molecule has 0 saturated heterocycles. The van der Waals surface area contributed by atoms with Crippen molar-refractivity contribution in [1.82, 2.24) is 9.55 Å². The van der Waals surface area contributed by atoms with Crippen molar-refractivity contribution in [2.45, 2.75) is 20.3 Å². The van der Waals surface area contributed by atoms with E-state index < -0.39 is 0 Å². The summed E-state index contributed by atoms with van der Waals surface area (Å²) >= 11 is 3.50. The highest BCUT2D eigenvalue weighted by Crippen LogP contribution is 2.29. The summed E-state index contributed by atoms with van der Waals surface area (Å²) in [5.41, 5.74) is 1.94. The molecule has 0 aliphatic heterocycles. The standard InChI is InChI=1S/C14H18BrN3O/c1-4-7-16-14-17-10(2)9-18(14)12-8-11(15)5-6-13(12)19-3/h5-6,8-9H,4,7H2,1-3H3,(H,16,17). The second-order valence-corrected chi connectivity index (χ2v) is 5.23. The van der Waals surface area contributed by atoms with Crippen molar-refractivity contribution in [2.24, 2.45) is 0 Å². The number of imidazole rings is 1. The van der Waals surface area contributed by atoms with E-state index in [1.54, 1.807) is 7.11 Å². The molecule has 0 unspecified atom stereocenters.